The maximum Gasteiger partial charge on any atom is 0.272 e. The normalized spacial score (nSPS) is 14.2. The molecule has 6 heteroatoms. The Labute approximate surface area is 128 Å². The highest BCUT2D eigenvalue weighted by Crippen LogP contribution is 2.20. The zero-order valence-corrected chi connectivity index (χ0v) is 12.3. The molecule has 1 aromatic heterocycles. The number of para-hydroxylation sites is 1. The lowest BCUT2D eigenvalue weighted by Gasteiger charge is -2.15. The van der Waals surface area contributed by atoms with Crippen molar-refractivity contribution in [3.8, 4) is 0 Å². The Morgan fingerprint density at radius 1 is 1.23 bits per heavy atom. The summed E-state index contributed by atoms with van der Waals surface area (Å²) in [6.07, 6.45) is 2.05. The molecule has 0 saturated carbocycles. The molecule has 22 heavy (non-hydrogen) atoms. The second-order valence-electron chi connectivity index (χ2n) is 5.29. The molecule has 1 N–H and O–H groups in total. The van der Waals surface area contributed by atoms with Crippen LogP contribution in [0, 0.1) is 12.7 Å². The van der Waals surface area contributed by atoms with E-state index in [4.69, 9.17) is 0 Å². The molecule has 3 rings (SSSR count). The van der Waals surface area contributed by atoms with Gasteiger partial charge in [0.05, 0.1) is 5.69 Å². The molecule has 0 spiro atoms. The molecule has 0 unspecified atom stereocenters. The van der Waals surface area contributed by atoms with Crippen LogP contribution in [0.2, 0.25) is 0 Å². The van der Waals surface area contributed by atoms with Gasteiger partial charge in [0.2, 0.25) is 0 Å². The monoisotopic (exact) mass is 300 g/mol. The smallest absolute Gasteiger partial charge is 0.272 e. The molecular formula is C16H17FN4O. The molecule has 1 aliphatic rings. The summed E-state index contributed by atoms with van der Waals surface area (Å²) >= 11 is 0. The van der Waals surface area contributed by atoms with Gasteiger partial charge in [-0.05, 0) is 31.9 Å². The van der Waals surface area contributed by atoms with Gasteiger partial charge in [-0.25, -0.2) is 14.4 Å². The number of hydrogen-bond acceptors (Lipinski definition) is 4. The number of nitrogens with zero attached hydrogens (tertiary/aromatic N) is 3. The lowest BCUT2D eigenvalue weighted by atomic mass is 10.3. The maximum absolute atomic E-state index is 13.7. The average molecular weight is 300 g/mol. The van der Waals surface area contributed by atoms with Crippen LogP contribution in [0.25, 0.3) is 0 Å². The molecule has 0 radical (unpaired) electrons. The minimum absolute atomic E-state index is 0.0976. The first-order chi connectivity index (χ1) is 10.6. The first kappa shape index (κ1) is 14.4. The molecule has 1 aromatic carbocycles. The summed E-state index contributed by atoms with van der Waals surface area (Å²) in [4.78, 5) is 22.6. The van der Waals surface area contributed by atoms with Gasteiger partial charge < -0.3 is 10.2 Å². The number of amides is 1. The third-order valence-electron chi connectivity index (χ3n) is 3.59. The van der Waals surface area contributed by atoms with E-state index in [0.717, 1.165) is 25.9 Å². The van der Waals surface area contributed by atoms with Crippen molar-refractivity contribution in [2.75, 3.05) is 18.4 Å². The van der Waals surface area contributed by atoms with Gasteiger partial charge in [0.25, 0.3) is 5.91 Å². The van der Waals surface area contributed by atoms with Crippen LogP contribution >= 0.6 is 0 Å². The van der Waals surface area contributed by atoms with Crippen LogP contribution in [0.15, 0.2) is 30.3 Å². The van der Waals surface area contributed by atoms with Gasteiger partial charge in [-0.15, -0.1) is 0 Å². The van der Waals surface area contributed by atoms with Crippen LogP contribution in [0.1, 0.15) is 29.2 Å². The van der Waals surface area contributed by atoms with E-state index in [1.54, 1.807) is 36.1 Å². The quantitative estimate of drug-likeness (QED) is 0.947. The standard InChI is InChI=1S/C16H17FN4O/c1-11-18-14(16(22)21-8-4-5-9-21)10-15(19-11)20-13-7-3-2-6-12(13)17/h2-3,6-7,10H,4-5,8-9H2,1H3,(H,18,19,20). The zero-order chi connectivity index (χ0) is 15.5. The summed E-state index contributed by atoms with van der Waals surface area (Å²) in [5.74, 6) is 0.426. The average Bonchev–Trinajstić information content (AvgIpc) is 3.02. The number of carbonyl (C=O) groups excluding carboxylic acids is 1. The van der Waals surface area contributed by atoms with Gasteiger partial charge in [-0.1, -0.05) is 12.1 Å². The highest BCUT2D eigenvalue weighted by Gasteiger charge is 2.21. The van der Waals surface area contributed by atoms with Gasteiger partial charge in [-0.3, -0.25) is 4.79 Å². The Morgan fingerprint density at radius 3 is 2.68 bits per heavy atom. The van der Waals surface area contributed by atoms with Crippen LogP contribution in [0.4, 0.5) is 15.9 Å². The number of benzene rings is 1. The molecule has 0 atom stereocenters. The molecule has 0 aliphatic carbocycles. The molecular weight excluding hydrogens is 283 g/mol. The molecule has 1 saturated heterocycles. The van der Waals surface area contributed by atoms with Crippen molar-refractivity contribution in [1.82, 2.24) is 14.9 Å². The van der Waals surface area contributed by atoms with E-state index in [9.17, 15) is 9.18 Å². The van der Waals surface area contributed by atoms with Crippen molar-refractivity contribution in [3.63, 3.8) is 0 Å². The molecule has 1 amide bonds. The van der Waals surface area contributed by atoms with Crippen LogP contribution < -0.4 is 5.32 Å². The lowest BCUT2D eigenvalue weighted by Crippen LogP contribution is -2.28. The summed E-state index contributed by atoms with van der Waals surface area (Å²) in [7, 11) is 0. The minimum atomic E-state index is -0.369. The number of rotatable bonds is 3. The van der Waals surface area contributed by atoms with Crippen LogP contribution in [0.5, 0.6) is 0 Å². The summed E-state index contributed by atoms with van der Waals surface area (Å²) in [5.41, 5.74) is 0.661. The van der Waals surface area contributed by atoms with Gasteiger partial charge >= 0.3 is 0 Å². The van der Waals surface area contributed by atoms with Crippen molar-refractivity contribution in [1.29, 1.82) is 0 Å². The summed E-state index contributed by atoms with van der Waals surface area (Å²) in [6, 6.07) is 7.91. The number of nitrogens with one attached hydrogen (secondary N) is 1. The van der Waals surface area contributed by atoms with Gasteiger partial charge in [0.15, 0.2) is 0 Å². The van der Waals surface area contributed by atoms with Crippen molar-refractivity contribution >= 4 is 17.4 Å². The van der Waals surface area contributed by atoms with Crippen LogP contribution in [-0.2, 0) is 0 Å². The Morgan fingerprint density at radius 2 is 1.95 bits per heavy atom. The van der Waals surface area contributed by atoms with E-state index in [1.165, 1.54) is 6.07 Å². The van der Waals surface area contributed by atoms with Crippen molar-refractivity contribution in [2.45, 2.75) is 19.8 Å². The lowest BCUT2D eigenvalue weighted by molar-refractivity contribution is 0.0786. The predicted molar refractivity (Wildman–Crippen MR) is 81.6 cm³/mol. The number of aryl methyl sites for hydroxylation is 1. The van der Waals surface area contributed by atoms with Crippen molar-refractivity contribution < 1.29 is 9.18 Å². The summed E-state index contributed by atoms with van der Waals surface area (Å²) in [6.45, 7) is 3.24. The Kier molecular flexibility index (Phi) is 4.00. The fourth-order valence-electron chi connectivity index (χ4n) is 2.52. The largest absolute Gasteiger partial charge is 0.338 e. The maximum atomic E-state index is 13.7. The SMILES string of the molecule is Cc1nc(Nc2ccccc2F)cc(C(=O)N2CCCC2)n1. The van der Waals surface area contributed by atoms with E-state index in [-0.39, 0.29) is 11.7 Å². The first-order valence-electron chi connectivity index (χ1n) is 7.30. The fourth-order valence-corrected chi connectivity index (χ4v) is 2.52. The number of anilines is 2. The van der Waals surface area contributed by atoms with Crippen molar-refractivity contribution in [2.24, 2.45) is 0 Å². The summed E-state index contributed by atoms with van der Waals surface area (Å²) < 4.78 is 13.7. The third-order valence-corrected chi connectivity index (χ3v) is 3.59. The molecule has 1 aliphatic heterocycles. The van der Waals surface area contributed by atoms with E-state index in [0.29, 0.717) is 23.0 Å². The molecule has 5 nitrogen and oxygen atoms in total. The number of hydrogen-bond donors (Lipinski definition) is 1. The summed E-state index contributed by atoms with van der Waals surface area (Å²) in [5, 5.41) is 2.90. The zero-order valence-electron chi connectivity index (χ0n) is 12.3. The fraction of sp³-hybridized carbons (Fsp3) is 0.312. The van der Waals surface area contributed by atoms with E-state index >= 15 is 0 Å². The number of halogens is 1. The first-order valence-corrected chi connectivity index (χ1v) is 7.30. The van der Waals surface area contributed by atoms with Gasteiger partial charge in [-0.2, -0.15) is 0 Å². The third kappa shape index (κ3) is 3.05. The highest BCUT2D eigenvalue weighted by atomic mass is 19.1. The van der Waals surface area contributed by atoms with E-state index < -0.39 is 0 Å². The topological polar surface area (TPSA) is 58.1 Å². The number of carbonyl (C=O) groups is 1. The Hall–Kier alpha value is -2.50. The Bertz CT molecular complexity index is 698. The van der Waals surface area contributed by atoms with Gasteiger partial charge in [0.1, 0.15) is 23.2 Å². The second kappa shape index (κ2) is 6.09. The van der Waals surface area contributed by atoms with Gasteiger partial charge in [0, 0.05) is 19.2 Å². The van der Waals surface area contributed by atoms with E-state index in [2.05, 4.69) is 15.3 Å². The van der Waals surface area contributed by atoms with Crippen molar-refractivity contribution in [3.05, 3.63) is 47.7 Å². The second-order valence-corrected chi connectivity index (χ2v) is 5.29. The molecule has 0 bridgehead atoms. The Balaban J connectivity index is 1.86. The molecule has 1 fully saturated rings. The molecule has 2 heterocycles. The molecule has 2 aromatic rings. The predicted octanol–water partition coefficient (Wildman–Crippen LogP) is 2.90. The van der Waals surface area contributed by atoms with E-state index in [1.807, 2.05) is 0 Å². The highest BCUT2D eigenvalue weighted by molar-refractivity contribution is 5.93. The van der Waals surface area contributed by atoms with Crippen LogP contribution in [-0.4, -0.2) is 33.9 Å². The van der Waals surface area contributed by atoms with Crippen LogP contribution in [0.3, 0.4) is 0 Å². The number of likely N-dealkylation sites (tertiary alicyclic amines) is 1. The minimum Gasteiger partial charge on any atom is -0.338 e. The number of aromatic nitrogens is 2. The molecule has 114 valence electrons.